The maximum absolute atomic E-state index is 11.0. The Labute approximate surface area is 90.1 Å². The zero-order valence-electron chi connectivity index (χ0n) is 9.70. The predicted molar refractivity (Wildman–Crippen MR) is 55.5 cm³/mol. The molecule has 0 fully saturated rings. The van der Waals surface area contributed by atoms with E-state index in [1.54, 1.807) is 27.7 Å². The summed E-state index contributed by atoms with van der Waals surface area (Å²) in [7, 11) is 0. The van der Waals surface area contributed by atoms with Crippen molar-refractivity contribution in [3.63, 3.8) is 0 Å². The quantitative estimate of drug-likeness (QED) is 0.708. The van der Waals surface area contributed by atoms with Crippen LogP contribution in [0.15, 0.2) is 0 Å². The van der Waals surface area contributed by atoms with Gasteiger partial charge in [-0.1, -0.05) is 0 Å². The summed E-state index contributed by atoms with van der Waals surface area (Å²) >= 11 is 0. The van der Waals surface area contributed by atoms with Crippen molar-refractivity contribution < 1.29 is 19.1 Å². The van der Waals surface area contributed by atoms with E-state index >= 15 is 0 Å². The van der Waals surface area contributed by atoms with Crippen LogP contribution < -0.4 is 5.32 Å². The third-order valence-corrected chi connectivity index (χ3v) is 1.31. The van der Waals surface area contributed by atoms with Crippen molar-refractivity contribution in [1.82, 2.24) is 5.32 Å². The molecule has 0 aromatic rings. The van der Waals surface area contributed by atoms with Gasteiger partial charge in [0.05, 0.1) is 18.6 Å². The Morgan fingerprint density at radius 1 is 1.07 bits per heavy atom. The van der Waals surface area contributed by atoms with E-state index in [2.05, 4.69) is 5.32 Å². The lowest BCUT2D eigenvalue weighted by Gasteiger charge is -2.10. The van der Waals surface area contributed by atoms with Crippen molar-refractivity contribution in [3.05, 3.63) is 0 Å². The van der Waals surface area contributed by atoms with Gasteiger partial charge in [0.15, 0.2) is 0 Å². The van der Waals surface area contributed by atoms with Gasteiger partial charge >= 0.3 is 12.1 Å². The van der Waals surface area contributed by atoms with Gasteiger partial charge in [0.2, 0.25) is 0 Å². The van der Waals surface area contributed by atoms with Crippen molar-refractivity contribution in [1.29, 1.82) is 0 Å². The predicted octanol–water partition coefficient (Wildman–Crippen LogP) is 1.46. The third-order valence-electron chi connectivity index (χ3n) is 1.31. The van der Waals surface area contributed by atoms with Crippen LogP contribution in [0.25, 0.3) is 0 Å². The second kappa shape index (κ2) is 7.09. The zero-order valence-corrected chi connectivity index (χ0v) is 9.70. The van der Waals surface area contributed by atoms with Gasteiger partial charge in [-0.05, 0) is 27.7 Å². The number of nitrogens with one attached hydrogen (secondary N) is 1. The smallest absolute Gasteiger partial charge is 0.407 e. The van der Waals surface area contributed by atoms with E-state index in [1.807, 2.05) is 0 Å². The van der Waals surface area contributed by atoms with Crippen molar-refractivity contribution >= 4 is 12.1 Å². The number of carbonyl (C=O) groups is 2. The van der Waals surface area contributed by atoms with Crippen LogP contribution in [0, 0.1) is 0 Å². The lowest BCUT2D eigenvalue weighted by atomic mass is 10.4. The lowest BCUT2D eigenvalue weighted by Crippen LogP contribution is -2.29. The summed E-state index contributed by atoms with van der Waals surface area (Å²) < 4.78 is 9.69. The second-order valence-corrected chi connectivity index (χ2v) is 3.67. The molecule has 0 saturated heterocycles. The minimum Gasteiger partial charge on any atom is -0.463 e. The number of ether oxygens (including phenoxy) is 2. The number of amides is 1. The minimum atomic E-state index is -0.512. The van der Waals surface area contributed by atoms with Gasteiger partial charge in [-0.3, -0.25) is 4.79 Å². The molecular formula is C10H19NO4. The van der Waals surface area contributed by atoms with Crippen molar-refractivity contribution in [2.75, 3.05) is 6.54 Å². The molecule has 0 saturated carbocycles. The number of rotatable bonds is 5. The van der Waals surface area contributed by atoms with Gasteiger partial charge in [0, 0.05) is 6.54 Å². The maximum Gasteiger partial charge on any atom is 0.407 e. The molecule has 1 amide bonds. The molecule has 15 heavy (non-hydrogen) atoms. The van der Waals surface area contributed by atoms with Crippen LogP contribution >= 0.6 is 0 Å². The standard InChI is InChI=1S/C10H19NO4/c1-7(2)14-9(12)5-6-11-10(13)15-8(3)4/h7-8H,5-6H2,1-4H3,(H,11,13). The highest BCUT2D eigenvalue weighted by atomic mass is 16.6. The molecule has 0 atom stereocenters. The van der Waals surface area contributed by atoms with Crippen LogP contribution in [-0.2, 0) is 14.3 Å². The van der Waals surface area contributed by atoms with Crippen LogP contribution in [0.5, 0.6) is 0 Å². The Kier molecular flexibility index (Phi) is 6.49. The number of carbonyl (C=O) groups excluding carboxylic acids is 2. The molecule has 0 aromatic heterocycles. The van der Waals surface area contributed by atoms with Crippen LogP contribution in [0.2, 0.25) is 0 Å². The van der Waals surface area contributed by atoms with E-state index in [9.17, 15) is 9.59 Å². The topological polar surface area (TPSA) is 64.6 Å². The van der Waals surface area contributed by atoms with Gasteiger partial charge in [0.1, 0.15) is 0 Å². The highest BCUT2D eigenvalue weighted by molar-refractivity contribution is 5.71. The first kappa shape index (κ1) is 13.7. The number of hydrogen-bond acceptors (Lipinski definition) is 4. The second-order valence-electron chi connectivity index (χ2n) is 3.67. The van der Waals surface area contributed by atoms with Gasteiger partial charge in [-0.25, -0.2) is 4.79 Å². The first-order valence-electron chi connectivity index (χ1n) is 5.05. The van der Waals surface area contributed by atoms with E-state index in [4.69, 9.17) is 9.47 Å². The first-order chi connectivity index (χ1) is 6.91. The lowest BCUT2D eigenvalue weighted by molar-refractivity contribution is -0.147. The molecule has 0 spiro atoms. The van der Waals surface area contributed by atoms with E-state index in [0.717, 1.165) is 0 Å². The fraction of sp³-hybridized carbons (Fsp3) is 0.800. The summed E-state index contributed by atoms with van der Waals surface area (Å²) in [6, 6.07) is 0. The maximum atomic E-state index is 11.0. The van der Waals surface area contributed by atoms with Crippen molar-refractivity contribution in [2.45, 2.75) is 46.3 Å². The van der Waals surface area contributed by atoms with Crippen LogP contribution in [-0.4, -0.2) is 30.8 Å². The van der Waals surface area contributed by atoms with Gasteiger partial charge < -0.3 is 14.8 Å². The Bertz CT molecular complexity index is 191. The number of alkyl carbamates (subject to hydrolysis) is 1. The molecule has 0 aromatic carbocycles. The monoisotopic (exact) mass is 217 g/mol. The summed E-state index contributed by atoms with van der Waals surface area (Å²) in [6.45, 7) is 7.30. The largest absolute Gasteiger partial charge is 0.463 e. The normalized spacial score (nSPS) is 10.3. The van der Waals surface area contributed by atoms with E-state index in [1.165, 1.54) is 0 Å². The molecule has 88 valence electrons. The van der Waals surface area contributed by atoms with Crippen LogP contribution in [0.3, 0.4) is 0 Å². The molecule has 5 heteroatoms. The molecule has 0 rings (SSSR count). The molecule has 0 radical (unpaired) electrons. The minimum absolute atomic E-state index is 0.125. The van der Waals surface area contributed by atoms with Crippen LogP contribution in [0.4, 0.5) is 4.79 Å². The fourth-order valence-electron chi connectivity index (χ4n) is 0.844. The van der Waals surface area contributed by atoms with Crippen molar-refractivity contribution in [3.8, 4) is 0 Å². The summed E-state index contributed by atoms with van der Waals surface area (Å²) in [5.74, 6) is -0.324. The summed E-state index contributed by atoms with van der Waals surface area (Å²) in [5, 5.41) is 2.46. The average molecular weight is 217 g/mol. The number of esters is 1. The van der Waals surface area contributed by atoms with E-state index < -0.39 is 6.09 Å². The molecular weight excluding hydrogens is 198 g/mol. The Morgan fingerprint density at radius 3 is 2.07 bits per heavy atom. The average Bonchev–Trinajstić information content (AvgIpc) is 2.00. The van der Waals surface area contributed by atoms with Crippen molar-refractivity contribution in [2.24, 2.45) is 0 Å². The van der Waals surface area contributed by atoms with E-state index in [-0.39, 0.29) is 31.1 Å². The SMILES string of the molecule is CC(C)OC(=O)CCNC(=O)OC(C)C. The Balaban J connectivity index is 3.53. The Morgan fingerprint density at radius 2 is 1.60 bits per heavy atom. The first-order valence-corrected chi connectivity index (χ1v) is 5.05. The molecule has 0 heterocycles. The highest BCUT2D eigenvalue weighted by Gasteiger charge is 2.07. The summed E-state index contributed by atoms with van der Waals surface area (Å²) in [5.41, 5.74) is 0. The zero-order chi connectivity index (χ0) is 11.8. The van der Waals surface area contributed by atoms with E-state index in [0.29, 0.717) is 0 Å². The van der Waals surface area contributed by atoms with Crippen LogP contribution in [0.1, 0.15) is 34.1 Å². The number of hydrogen-bond donors (Lipinski definition) is 1. The van der Waals surface area contributed by atoms with Gasteiger partial charge in [-0.2, -0.15) is 0 Å². The molecule has 0 bridgehead atoms. The van der Waals surface area contributed by atoms with Gasteiger partial charge in [0.25, 0.3) is 0 Å². The Hall–Kier alpha value is -1.26. The highest BCUT2D eigenvalue weighted by Crippen LogP contribution is 1.93. The van der Waals surface area contributed by atoms with Gasteiger partial charge in [-0.15, -0.1) is 0 Å². The summed E-state index contributed by atoms with van der Waals surface area (Å²) in [6.07, 6.45) is -0.638. The molecule has 0 aliphatic carbocycles. The molecule has 5 nitrogen and oxygen atoms in total. The molecule has 0 aliphatic heterocycles. The molecule has 1 N–H and O–H groups in total. The fourth-order valence-corrected chi connectivity index (χ4v) is 0.844. The molecule has 0 aliphatic rings. The summed E-state index contributed by atoms with van der Waals surface area (Å²) in [4.78, 5) is 22.0. The molecule has 0 unspecified atom stereocenters. The third kappa shape index (κ3) is 9.05.